The smallest absolute Gasteiger partial charge is 0.240 e. The molecule has 0 saturated carbocycles. The second-order valence-corrected chi connectivity index (χ2v) is 4.20. The van der Waals surface area contributed by atoms with E-state index in [0.717, 1.165) is 0 Å². The Morgan fingerprint density at radius 1 is 1.40 bits per heavy atom. The van der Waals surface area contributed by atoms with Crippen molar-refractivity contribution in [3.8, 4) is 0 Å². The van der Waals surface area contributed by atoms with Crippen LogP contribution in [0.3, 0.4) is 0 Å². The molecule has 4 heteroatoms. The highest BCUT2D eigenvalue weighted by molar-refractivity contribution is 5.82. The van der Waals surface area contributed by atoms with Gasteiger partial charge in [0.25, 0.3) is 0 Å². The number of hydrogen-bond donors (Lipinski definition) is 1. The summed E-state index contributed by atoms with van der Waals surface area (Å²) >= 11 is 0. The van der Waals surface area contributed by atoms with Crippen LogP contribution in [-0.4, -0.2) is 43.2 Å². The summed E-state index contributed by atoms with van der Waals surface area (Å²) in [5.41, 5.74) is 5.84. The number of carbonyl (C=O) groups excluding carboxylic acids is 1. The van der Waals surface area contributed by atoms with E-state index in [0.29, 0.717) is 13.2 Å². The van der Waals surface area contributed by atoms with Crippen LogP contribution in [0.15, 0.2) is 0 Å². The Kier molecular flexibility index (Phi) is 6.52. The number of rotatable bonds is 6. The summed E-state index contributed by atoms with van der Waals surface area (Å²) in [6.45, 7) is 9.05. The minimum atomic E-state index is -0.413. The zero-order valence-corrected chi connectivity index (χ0v) is 10.5. The Morgan fingerprint density at radius 3 is 2.27 bits per heavy atom. The molecule has 0 aromatic rings. The number of nitrogens with zero attached hydrogens (tertiary/aromatic N) is 1. The van der Waals surface area contributed by atoms with Crippen LogP contribution < -0.4 is 5.73 Å². The maximum atomic E-state index is 12.0. The van der Waals surface area contributed by atoms with Gasteiger partial charge in [0.15, 0.2) is 0 Å². The summed E-state index contributed by atoms with van der Waals surface area (Å²) in [7, 11) is 1.64. The predicted octanol–water partition coefficient (Wildman–Crippen LogP) is 0.853. The average molecular weight is 216 g/mol. The van der Waals surface area contributed by atoms with Crippen molar-refractivity contribution < 1.29 is 9.53 Å². The molecular formula is C11H24N2O2. The van der Waals surface area contributed by atoms with Crippen LogP contribution in [0.1, 0.15) is 27.7 Å². The molecule has 0 bridgehead atoms. The first kappa shape index (κ1) is 14.4. The van der Waals surface area contributed by atoms with Crippen molar-refractivity contribution in [2.24, 2.45) is 11.7 Å². The van der Waals surface area contributed by atoms with Crippen LogP contribution in [0.5, 0.6) is 0 Å². The number of carbonyl (C=O) groups is 1. The Balaban J connectivity index is 4.46. The SMILES string of the molecule is CCN(C(=O)[C@@H](N)C(C)C)C(C)COC. The summed E-state index contributed by atoms with van der Waals surface area (Å²) in [5, 5.41) is 0. The van der Waals surface area contributed by atoms with E-state index in [4.69, 9.17) is 10.5 Å². The van der Waals surface area contributed by atoms with Gasteiger partial charge in [-0.05, 0) is 19.8 Å². The first-order valence-electron chi connectivity index (χ1n) is 5.50. The van der Waals surface area contributed by atoms with Gasteiger partial charge in [0.2, 0.25) is 5.91 Å². The van der Waals surface area contributed by atoms with Crippen molar-refractivity contribution >= 4 is 5.91 Å². The molecule has 0 saturated heterocycles. The molecule has 15 heavy (non-hydrogen) atoms. The minimum Gasteiger partial charge on any atom is -0.383 e. The molecule has 0 radical (unpaired) electrons. The zero-order valence-electron chi connectivity index (χ0n) is 10.5. The Labute approximate surface area is 92.8 Å². The lowest BCUT2D eigenvalue weighted by atomic mass is 10.0. The molecule has 2 N–H and O–H groups in total. The molecular weight excluding hydrogens is 192 g/mol. The molecule has 0 fully saturated rings. The normalized spacial score (nSPS) is 15.1. The molecule has 1 unspecified atom stereocenters. The molecule has 1 amide bonds. The third-order valence-electron chi connectivity index (χ3n) is 2.57. The number of ether oxygens (including phenoxy) is 1. The molecule has 0 aliphatic heterocycles. The second-order valence-electron chi connectivity index (χ2n) is 4.20. The van der Waals surface area contributed by atoms with Gasteiger partial charge >= 0.3 is 0 Å². The third kappa shape index (κ3) is 4.18. The van der Waals surface area contributed by atoms with Gasteiger partial charge in [-0.1, -0.05) is 13.8 Å². The molecule has 0 spiro atoms. The van der Waals surface area contributed by atoms with Gasteiger partial charge in [-0.15, -0.1) is 0 Å². The van der Waals surface area contributed by atoms with Gasteiger partial charge < -0.3 is 15.4 Å². The Morgan fingerprint density at radius 2 is 1.93 bits per heavy atom. The maximum absolute atomic E-state index is 12.0. The summed E-state index contributed by atoms with van der Waals surface area (Å²) in [6, 6.07) is -0.332. The van der Waals surface area contributed by atoms with Crippen LogP contribution in [-0.2, 0) is 9.53 Å². The van der Waals surface area contributed by atoms with E-state index in [1.54, 1.807) is 12.0 Å². The lowest BCUT2D eigenvalue weighted by Gasteiger charge is -2.31. The highest BCUT2D eigenvalue weighted by Gasteiger charge is 2.25. The average Bonchev–Trinajstić information content (AvgIpc) is 2.17. The molecule has 4 nitrogen and oxygen atoms in total. The van der Waals surface area contributed by atoms with Gasteiger partial charge in [-0.2, -0.15) is 0 Å². The maximum Gasteiger partial charge on any atom is 0.240 e. The molecule has 0 heterocycles. The van der Waals surface area contributed by atoms with Crippen molar-refractivity contribution in [1.82, 2.24) is 4.90 Å². The van der Waals surface area contributed by atoms with Crippen LogP contribution in [0, 0.1) is 5.92 Å². The van der Waals surface area contributed by atoms with Crippen molar-refractivity contribution in [2.75, 3.05) is 20.3 Å². The molecule has 90 valence electrons. The molecule has 2 atom stereocenters. The van der Waals surface area contributed by atoms with E-state index in [2.05, 4.69) is 0 Å². The Hall–Kier alpha value is -0.610. The standard InChI is InChI=1S/C11H24N2O2/c1-6-13(9(4)7-15-5)11(14)10(12)8(2)3/h8-10H,6-7,12H2,1-5H3/t9?,10-/m0/s1. The topological polar surface area (TPSA) is 55.6 Å². The fraction of sp³-hybridized carbons (Fsp3) is 0.909. The van der Waals surface area contributed by atoms with Crippen molar-refractivity contribution in [3.63, 3.8) is 0 Å². The summed E-state index contributed by atoms with van der Waals surface area (Å²) < 4.78 is 5.04. The van der Waals surface area contributed by atoms with Gasteiger partial charge in [-0.3, -0.25) is 4.79 Å². The molecule has 0 aliphatic carbocycles. The summed E-state index contributed by atoms with van der Waals surface area (Å²) in [4.78, 5) is 13.7. The number of hydrogen-bond acceptors (Lipinski definition) is 3. The first-order chi connectivity index (χ1) is 6.95. The van der Waals surface area contributed by atoms with Crippen LogP contribution in [0.25, 0.3) is 0 Å². The van der Waals surface area contributed by atoms with Crippen LogP contribution in [0.4, 0.5) is 0 Å². The highest BCUT2D eigenvalue weighted by Crippen LogP contribution is 2.07. The lowest BCUT2D eigenvalue weighted by Crippen LogP contribution is -2.50. The van der Waals surface area contributed by atoms with E-state index in [9.17, 15) is 4.79 Å². The number of nitrogens with two attached hydrogens (primary N) is 1. The van der Waals surface area contributed by atoms with E-state index in [1.165, 1.54) is 0 Å². The molecule has 0 aromatic heterocycles. The number of amides is 1. The third-order valence-corrected chi connectivity index (χ3v) is 2.57. The summed E-state index contributed by atoms with van der Waals surface area (Å²) in [5.74, 6) is 0.179. The number of likely N-dealkylation sites (N-methyl/N-ethyl adjacent to an activating group) is 1. The van der Waals surface area contributed by atoms with Crippen molar-refractivity contribution in [2.45, 2.75) is 39.8 Å². The van der Waals surface area contributed by atoms with Gasteiger partial charge in [0, 0.05) is 13.7 Å². The van der Waals surface area contributed by atoms with Crippen molar-refractivity contribution in [3.05, 3.63) is 0 Å². The molecule has 0 aliphatic rings. The first-order valence-corrected chi connectivity index (χ1v) is 5.50. The molecule has 0 rings (SSSR count). The lowest BCUT2D eigenvalue weighted by molar-refractivity contribution is -0.136. The minimum absolute atomic E-state index is 0.0112. The fourth-order valence-electron chi connectivity index (χ4n) is 1.49. The van der Waals surface area contributed by atoms with Crippen molar-refractivity contribution in [1.29, 1.82) is 0 Å². The van der Waals surface area contributed by atoms with E-state index in [1.807, 2.05) is 27.7 Å². The predicted molar refractivity (Wildman–Crippen MR) is 61.5 cm³/mol. The van der Waals surface area contributed by atoms with Gasteiger partial charge in [0.05, 0.1) is 18.7 Å². The van der Waals surface area contributed by atoms with E-state index < -0.39 is 6.04 Å². The van der Waals surface area contributed by atoms with E-state index in [-0.39, 0.29) is 17.9 Å². The monoisotopic (exact) mass is 216 g/mol. The summed E-state index contributed by atoms with van der Waals surface area (Å²) in [6.07, 6.45) is 0. The van der Waals surface area contributed by atoms with Crippen LogP contribution in [0.2, 0.25) is 0 Å². The number of methoxy groups -OCH3 is 1. The highest BCUT2D eigenvalue weighted by atomic mass is 16.5. The quantitative estimate of drug-likeness (QED) is 0.716. The van der Waals surface area contributed by atoms with E-state index >= 15 is 0 Å². The van der Waals surface area contributed by atoms with Crippen LogP contribution >= 0.6 is 0 Å². The molecule has 0 aromatic carbocycles. The Bertz CT molecular complexity index is 195. The zero-order chi connectivity index (χ0) is 12.0. The second kappa shape index (κ2) is 6.80. The fourth-order valence-corrected chi connectivity index (χ4v) is 1.49. The van der Waals surface area contributed by atoms with Gasteiger partial charge in [0.1, 0.15) is 0 Å². The largest absolute Gasteiger partial charge is 0.383 e. The van der Waals surface area contributed by atoms with Gasteiger partial charge in [-0.25, -0.2) is 0 Å².